The fourth-order valence-electron chi connectivity index (χ4n) is 2.68. The Hall–Kier alpha value is -1.28. The summed E-state index contributed by atoms with van der Waals surface area (Å²) in [6, 6.07) is 4.38. The molecule has 2 nitrogen and oxygen atoms in total. The minimum atomic E-state index is -0.0177. The van der Waals surface area contributed by atoms with Crippen LogP contribution in [0, 0.1) is 20.8 Å². The summed E-state index contributed by atoms with van der Waals surface area (Å²) in [6.07, 6.45) is 3.98. The summed E-state index contributed by atoms with van der Waals surface area (Å²) in [5, 5.41) is 0. The Labute approximate surface area is 103 Å². The van der Waals surface area contributed by atoms with Crippen molar-refractivity contribution < 1.29 is 4.74 Å². The van der Waals surface area contributed by atoms with Gasteiger partial charge in [-0.15, -0.1) is 0 Å². The third-order valence-electron chi connectivity index (χ3n) is 3.41. The lowest BCUT2D eigenvalue weighted by atomic mass is 9.89. The van der Waals surface area contributed by atoms with Crippen molar-refractivity contribution in [1.82, 2.24) is 0 Å². The fraction of sp³-hybridized carbons (Fsp3) is 0.467. The average molecular weight is 231 g/mol. The minimum absolute atomic E-state index is 0.0177. The fourth-order valence-corrected chi connectivity index (χ4v) is 2.68. The number of hydrogen-bond acceptors (Lipinski definition) is 2. The summed E-state index contributed by atoms with van der Waals surface area (Å²) in [6.45, 7) is 7.22. The molecule has 0 fully saturated rings. The second kappa shape index (κ2) is 4.92. The Morgan fingerprint density at radius 2 is 1.82 bits per heavy atom. The van der Waals surface area contributed by atoms with Crippen LogP contribution in [0.5, 0.6) is 0 Å². The number of rotatable bonds is 2. The van der Waals surface area contributed by atoms with E-state index >= 15 is 0 Å². The predicted molar refractivity (Wildman–Crippen MR) is 70.9 cm³/mol. The normalized spacial score (nSPS) is 17.3. The number of hydrogen-bond donors (Lipinski definition) is 1. The molecule has 0 radical (unpaired) electrons. The lowest BCUT2D eigenvalue weighted by molar-refractivity contribution is 0.221. The second-order valence-corrected chi connectivity index (χ2v) is 4.96. The van der Waals surface area contributed by atoms with Crippen LogP contribution in [-0.4, -0.2) is 6.61 Å². The van der Waals surface area contributed by atoms with E-state index in [2.05, 4.69) is 32.9 Å². The van der Waals surface area contributed by atoms with Gasteiger partial charge in [-0.2, -0.15) is 0 Å². The predicted octanol–water partition coefficient (Wildman–Crippen LogP) is 3.31. The van der Waals surface area contributed by atoms with Crippen molar-refractivity contribution in [3.63, 3.8) is 0 Å². The first kappa shape index (κ1) is 12.2. The van der Waals surface area contributed by atoms with Crippen molar-refractivity contribution in [3.8, 4) is 0 Å². The van der Waals surface area contributed by atoms with Crippen LogP contribution in [0.1, 0.15) is 41.1 Å². The zero-order valence-electron chi connectivity index (χ0n) is 10.9. The molecule has 0 bridgehead atoms. The van der Waals surface area contributed by atoms with Crippen molar-refractivity contribution in [3.05, 3.63) is 46.2 Å². The molecule has 2 rings (SSSR count). The summed E-state index contributed by atoms with van der Waals surface area (Å²) in [4.78, 5) is 0. The van der Waals surface area contributed by atoms with E-state index in [-0.39, 0.29) is 6.04 Å². The maximum atomic E-state index is 6.37. The van der Waals surface area contributed by atoms with E-state index in [9.17, 15) is 0 Å². The first-order valence-corrected chi connectivity index (χ1v) is 6.23. The van der Waals surface area contributed by atoms with E-state index < -0.39 is 0 Å². The highest BCUT2D eigenvalue weighted by atomic mass is 16.5. The number of benzene rings is 1. The highest BCUT2D eigenvalue weighted by molar-refractivity contribution is 5.42. The van der Waals surface area contributed by atoms with Crippen molar-refractivity contribution in [2.24, 2.45) is 5.73 Å². The van der Waals surface area contributed by atoms with Gasteiger partial charge in [0.15, 0.2) is 0 Å². The zero-order valence-corrected chi connectivity index (χ0v) is 10.9. The van der Waals surface area contributed by atoms with E-state index in [1.54, 1.807) is 0 Å². The van der Waals surface area contributed by atoms with Gasteiger partial charge in [0.25, 0.3) is 0 Å². The molecule has 1 aromatic rings. The first-order chi connectivity index (χ1) is 8.09. The summed E-state index contributed by atoms with van der Waals surface area (Å²) in [5.74, 6) is 0. The topological polar surface area (TPSA) is 35.2 Å². The number of ether oxygens (including phenoxy) is 1. The third kappa shape index (κ3) is 2.52. The van der Waals surface area contributed by atoms with Gasteiger partial charge in [0, 0.05) is 0 Å². The van der Waals surface area contributed by atoms with Gasteiger partial charge in [-0.25, -0.2) is 0 Å². The van der Waals surface area contributed by atoms with E-state index in [1.807, 2.05) is 6.26 Å². The Kier molecular flexibility index (Phi) is 3.53. The van der Waals surface area contributed by atoms with Crippen LogP contribution < -0.4 is 5.73 Å². The molecule has 17 heavy (non-hydrogen) atoms. The SMILES string of the molecule is Cc1cc(C)c(C(N)C2=COCCC2)c(C)c1. The minimum Gasteiger partial charge on any atom is -0.501 e. The summed E-state index contributed by atoms with van der Waals surface area (Å²) in [5.41, 5.74) is 12.7. The van der Waals surface area contributed by atoms with Crippen LogP contribution in [0.4, 0.5) is 0 Å². The maximum Gasteiger partial charge on any atom is 0.0876 e. The molecule has 2 heteroatoms. The molecular weight excluding hydrogens is 210 g/mol. The second-order valence-electron chi connectivity index (χ2n) is 4.96. The third-order valence-corrected chi connectivity index (χ3v) is 3.41. The molecule has 1 atom stereocenters. The quantitative estimate of drug-likeness (QED) is 0.847. The largest absolute Gasteiger partial charge is 0.501 e. The Bertz CT molecular complexity index is 425. The molecule has 0 saturated carbocycles. The van der Waals surface area contributed by atoms with E-state index in [1.165, 1.54) is 27.8 Å². The summed E-state index contributed by atoms with van der Waals surface area (Å²) >= 11 is 0. The monoisotopic (exact) mass is 231 g/mol. The van der Waals surface area contributed by atoms with Crippen LogP contribution in [0.2, 0.25) is 0 Å². The van der Waals surface area contributed by atoms with Gasteiger partial charge in [-0.3, -0.25) is 0 Å². The Balaban J connectivity index is 2.36. The molecule has 0 amide bonds. The van der Waals surface area contributed by atoms with E-state index in [0.717, 1.165) is 19.4 Å². The molecule has 2 N–H and O–H groups in total. The Morgan fingerprint density at radius 3 is 2.35 bits per heavy atom. The van der Waals surface area contributed by atoms with Gasteiger partial charge in [0.2, 0.25) is 0 Å². The Morgan fingerprint density at radius 1 is 1.18 bits per heavy atom. The molecule has 92 valence electrons. The van der Waals surface area contributed by atoms with Crippen molar-refractivity contribution in [2.75, 3.05) is 6.61 Å². The van der Waals surface area contributed by atoms with Gasteiger partial charge in [-0.1, -0.05) is 17.7 Å². The van der Waals surface area contributed by atoms with Crippen LogP contribution in [0.15, 0.2) is 24.0 Å². The average Bonchev–Trinajstić information content (AvgIpc) is 2.28. The smallest absolute Gasteiger partial charge is 0.0876 e. The van der Waals surface area contributed by atoms with Crippen molar-refractivity contribution in [2.45, 2.75) is 39.7 Å². The highest BCUT2D eigenvalue weighted by Gasteiger charge is 2.18. The van der Waals surface area contributed by atoms with Gasteiger partial charge in [0.1, 0.15) is 0 Å². The molecule has 1 aliphatic heterocycles. The molecule has 1 aliphatic rings. The first-order valence-electron chi connectivity index (χ1n) is 6.23. The lowest BCUT2D eigenvalue weighted by Gasteiger charge is -2.23. The van der Waals surface area contributed by atoms with E-state index in [4.69, 9.17) is 10.5 Å². The molecule has 1 unspecified atom stereocenters. The number of nitrogens with two attached hydrogens (primary N) is 1. The number of aryl methyl sites for hydroxylation is 3. The summed E-state index contributed by atoms with van der Waals surface area (Å²) < 4.78 is 5.39. The zero-order chi connectivity index (χ0) is 12.4. The highest BCUT2D eigenvalue weighted by Crippen LogP contribution is 2.30. The van der Waals surface area contributed by atoms with Crippen LogP contribution in [0.3, 0.4) is 0 Å². The molecule has 1 aromatic carbocycles. The molecule has 0 spiro atoms. The van der Waals surface area contributed by atoms with Gasteiger partial charge >= 0.3 is 0 Å². The van der Waals surface area contributed by atoms with Crippen LogP contribution in [-0.2, 0) is 4.74 Å². The lowest BCUT2D eigenvalue weighted by Crippen LogP contribution is -2.18. The van der Waals surface area contributed by atoms with Crippen molar-refractivity contribution in [1.29, 1.82) is 0 Å². The van der Waals surface area contributed by atoms with Crippen LogP contribution >= 0.6 is 0 Å². The van der Waals surface area contributed by atoms with Gasteiger partial charge in [0.05, 0.1) is 18.9 Å². The summed E-state index contributed by atoms with van der Waals surface area (Å²) in [7, 11) is 0. The van der Waals surface area contributed by atoms with Gasteiger partial charge < -0.3 is 10.5 Å². The standard InChI is InChI=1S/C15H21NO/c1-10-7-11(2)14(12(3)8-10)15(16)13-5-4-6-17-9-13/h7-9,15H,4-6,16H2,1-3H3. The molecule has 0 aliphatic carbocycles. The molecule has 0 aromatic heterocycles. The van der Waals surface area contributed by atoms with Gasteiger partial charge in [-0.05, 0) is 55.9 Å². The van der Waals surface area contributed by atoms with E-state index in [0.29, 0.717) is 0 Å². The van der Waals surface area contributed by atoms with Crippen molar-refractivity contribution >= 4 is 0 Å². The maximum absolute atomic E-state index is 6.37. The molecular formula is C15H21NO. The molecule has 1 heterocycles. The molecule has 0 saturated heterocycles. The van der Waals surface area contributed by atoms with Crippen LogP contribution in [0.25, 0.3) is 0 Å².